The highest BCUT2D eigenvalue weighted by molar-refractivity contribution is 5.74. The van der Waals surface area contributed by atoms with Gasteiger partial charge in [0.05, 0.1) is 6.61 Å². The van der Waals surface area contributed by atoms with Crippen molar-refractivity contribution in [2.45, 2.75) is 327 Å². The van der Waals surface area contributed by atoms with Crippen LogP contribution in [-0.2, 0) is 42.9 Å². The molecular formula is C67H116O12. The number of hydrogen-bond acceptors (Lipinski definition) is 11. The van der Waals surface area contributed by atoms with Gasteiger partial charge in [0.2, 0.25) is 0 Å². The van der Waals surface area contributed by atoms with Crippen molar-refractivity contribution in [2.24, 2.45) is 0 Å². The molecule has 6 atom stereocenters. The lowest BCUT2D eigenvalue weighted by Crippen LogP contribution is -2.61. The van der Waals surface area contributed by atoms with Crippen LogP contribution in [0.25, 0.3) is 0 Å². The Morgan fingerprint density at radius 2 is 0.772 bits per heavy atom. The number of allylic oxidation sites excluding steroid dienone is 10. The first-order valence-corrected chi connectivity index (χ1v) is 32.3. The van der Waals surface area contributed by atoms with Crippen LogP contribution in [0.2, 0.25) is 0 Å². The predicted molar refractivity (Wildman–Crippen MR) is 322 cm³/mol. The Balaban J connectivity index is 2.61. The van der Waals surface area contributed by atoms with Crippen LogP contribution in [0.3, 0.4) is 0 Å². The molecule has 456 valence electrons. The standard InChI is InChI=1S/C67H116O12/c1-4-7-10-13-16-19-22-24-26-28-30-32-34-36-39-41-44-47-50-53-59(68)75-56-58(77-60(69)54-51-48-45-42-38-21-18-15-12-9-6-3)57-76-67-65(63(72)62(71)64(79-67)66(73)74)78-61(70)55-52-49-46-43-40-37-35-33-31-29-27-25-23-20-17-14-11-8-5-2/h15-20,24-27,58,62-65,67,71-72H,4-14,21-23,28-57H2,1-3H3,(H,73,74)/b18-15-,19-16-,20-17-,26-24-,27-25-. The first-order chi connectivity index (χ1) is 38.6. The molecule has 0 spiro atoms. The fraction of sp³-hybridized carbons (Fsp3) is 0.791. The van der Waals surface area contributed by atoms with E-state index in [-0.39, 0.29) is 25.9 Å². The zero-order valence-electron chi connectivity index (χ0n) is 50.4. The van der Waals surface area contributed by atoms with Gasteiger partial charge in [-0.1, -0.05) is 229 Å². The van der Waals surface area contributed by atoms with E-state index in [0.717, 1.165) is 109 Å². The number of aliphatic hydroxyl groups excluding tert-OH is 2. The average molecular weight is 1110 g/mol. The molecule has 1 aliphatic heterocycles. The number of rotatable bonds is 55. The lowest BCUT2D eigenvalue weighted by atomic mass is 9.98. The van der Waals surface area contributed by atoms with Crippen LogP contribution in [0.1, 0.15) is 290 Å². The molecule has 1 saturated heterocycles. The van der Waals surface area contributed by atoms with Gasteiger partial charge in [-0.15, -0.1) is 0 Å². The van der Waals surface area contributed by atoms with Crippen LogP contribution >= 0.6 is 0 Å². The molecule has 0 aromatic rings. The Hall–Kier alpha value is -3.58. The summed E-state index contributed by atoms with van der Waals surface area (Å²) in [5.74, 6) is -3.13. The molecule has 0 aromatic heterocycles. The summed E-state index contributed by atoms with van der Waals surface area (Å²) in [5.41, 5.74) is 0. The van der Waals surface area contributed by atoms with Gasteiger partial charge in [-0.3, -0.25) is 14.4 Å². The minimum Gasteiger partial charge on any atom is -0.479 e. The summed E-state index contributed by atoms with van der Waals surface area (Å²) in [6.07, 6.45) is 56.1. The Morgan fingerprint density at radius 1 is 0.418 bits per heavy atom. The first kappa shape index (κ1) is 73.4. The predicted octanol–water partition coefficient (Wildman–Crippen LogP) is 17.1. The van der Waals surface area contributed by atoms with Gasteiger partial charge in [-0.2, -0.15) is 0 Å². The van der Waals surface area contributed by atoms with E-state index in [9.17, 15) is 34.5 Å². The average Bonchev–Trinajstić information content (AvgIpc) is 3.47. The number of aliphatic hydroxyl groups is 2. The maximum atomic E-state index is 13.1. The number of carboxylic acids is 1. The number of hydrogen-bond donors (Lipinski definition) is 3. The van der Waals surface area contributed by atoms with Gasteiger partial charge in [0.25, 0.3) is 0 Å². The van der Waals surface area contributed by atoms with Gasteiger partial charge in [-0.25, -0.2) is 4.79 Å². The van der Waals surface area contributed by atoms with Gasteiger partial charge in [0, 0.05) is 19.3 Å². The van der Waals surface area contributed by atoms with Crippen molar-refractivity contribution >= 4 is 23.9 Å². The monoisotopic (exact) mass is 1110 g/mol. The zero-order chi connectivity index (χ0) is 57.5. The quantitative estimate of drug-likeness (QED) is 0.0228. The summed E-state index contributed by atoms with van der Waals surface area (Å²) >= 11 is 0. The van der Waals surface area contributed by atoms with E-state index in [4.69, 9.17) is 23.7 Å². The summed E-state index contributed by atoms with van der Waals surface area (Å²) in [7, 11) is 0. The number of unbranched alkanes of at least 4 members (excludes halogenated alkanes) is 31. The van der Waals surface area contributed by atoms with Crippen molar-refractivity contribution in [1.29, 1.82) is 0 Å². The maximum Gasteiger partial charge on any atom is 0.335 e. The number of esters is 3. The lowest BCUT2D eigenvalue weighted by Gasteiger charge is -2.40. The third-order valence-electron chi connectivity index (χ3n) is 14.5. The fourth-order valence-corrected chi connectivity index (χ4v) is 9.53. The van der Waals surface area contributed by atoms with Crippen LogP contribution in [-0.4, -0.2) is 89.2 Å². The molecule has 6 unspecified atom stereocenters. The molecule has 0 amide bonds. The normalized spacial score (nSPS) is 18.2. The molecule has 0 radical (unpaired) electrons. The number of ether oxygens (including phenoxy) is 5. The number of carbonyl (C=O) groups is 4. The molecule has 0 bridgehead atoms. The van der Waals surface area contributed by atoms with E-state index in [2.05, 4.69) is 81.5 Å². The topological polar surface area (TPSA) is 175 Å². The minimum absolute atomic E-state index is 0.0547. The molecule has 1 heterocycles. The highest BCUT2D eigenvalue weighted by Crippen LogP contribution is 2.27. The van der Waals surface area contributed by atoms with Gasteiger partial charge < -0.3 is 39.0 Å². The molecule has 12 nitrogen and oxygen atoms in total. The third-order valence-corrected chi connectivity index (χ3v) is 14.5. The van der Waals surface area contributed by atoms with Gasteiger partial charge >= 0.3 is 23.9 Å². The highest BCUT2D eigenvalue weighted by Gasteiger charge is 2.50. The number of aliphatic carboxylic acids is 1. The van der Waals surface area contributed by atoms with Crippen LogP contribution in [0.5, 0.6) is 0 Å². The Labute approximate surface area is 481 Å². The van der Waals surface area contributed by atoms with Crippen LogP contribution < -0.4 is 0 Å². The lowest BCUT2D eigenvalue weighted by molar-refractivity contribution is -0.301. The molecule has 0 aliphatic carbocycles. The second-order valence-corrected chi connectivity index (χ2v) is 22.0. The molecule has 3 N–H and O–H groups in total. The molecule has 0 aromatic carbocycles. The Kier molecular flexibility index (Phi) is 51.1. The van der Waals surface area contributed by atoms with Crippen molar-refractivity contribution in [3.8, 4) is 0 Å². The number of carbonyl (C=O) groups excluding carboxylic acids is 3. The van der Waals surface area contributed by atoms with Crippen LogP contribution in [0, 0.1) is 0 Å². The molecular weight excluding hydrogens is 997 g/mol. The summed E-state index contributed by atoms with van der Waals surface area (Å²) in [4.78, 5) is 51.2. The van der Waals surface area contributed by atoms with Crippen molar-refractivity contribution in [3.05, 3.63) is 60.8 Å². The molecule has 0 saturated carbocycles. The van der Waals surface area contributed by atoms with Crippen LogP contribution in [0.4, 0.5) is 0 Å². The Morgan fingerprint density at radius 3 is 1.19 bits per heavy atom. The minimum atomic E-state index is -1.91. The fourth-order valence-electron chi connectivity index (χ4n) is 9.53. The smallest absolute Gasteiger partial charge is 0.335 e. The van der Waals surface area contributed by atoms with Crippen LogP contribution in [0.15, 0.2) is 60.8 Å². The molecule has 12 heteroatoms. The van der Waals surface area contributed by atoms with E-state index in [0.29, 0.717) is 19.3 Å². The van der Waals surface area contributed by atoms with Gasteiger partial charge in [0.1, 0.15) is 18.8 Å². The van der Waals surface area contributed by atoms with E-state index < -0.39 is 67.3 Å². The maximum absolute atomic E-state index is 13.1. The van der Waals surface area contributed by atoms with E-state index in [1.165, 1.54) is 122 Å². The summed E-state index contributed by atoms with van der Waals surface area (Å²) in [5, 5.41) is 31.6. The molecule has 79 heavy (non-hydrogen) atoms. The van der Waals surface area contributed by atoms with Gasteiger partial charge in [-0.05, 0) is 103 Å². The van der Waals surface area contributed by atoms with Crippen molar-refractivity contribution in [3.63, 3.8) is 0 Å². The summed E-state index contributed by atoms with van der Waals surface area (Å²) < 4.78 is 28.5. The largest absolute Gasteiger partial charge is 0.479 e. The van der Waals surface area contributed by atoms with Crippen molar-refractivity contribution < 1.29 is 58.2 Å². The second-order valence-electron chi connectivity index (χ2n) is 22.0. The summed E-state index contributed by atoms with van der Waals surface area (Å²) in [6, 6.07) is 0. The molecule has 1 fully saturated rings. The highest BCUT2D eigenvalue weighted by atomic mass is 16.7. The molecule has 1 rings (SSSR count). The first-order valence-electron chi connectivity index (χ1n) is 32.3. The van der Waals surface area contributed by atoms with E-state index in [1.807, 2.05) is 0 Å². The molecule has 1 aliphatic rings. The second kappa shape index (κ2) is 55.0. The van der Waals surface area contributed by atoms with E-state index in [1.54, 1.807) is 0 Å². The third kappa shape index (κ3) is 44.7. The zero-order valence-corrected chi connectivity index (χ0v) is 50.4. The number of carboxylic acid groups (broad SMARTS) is 1. The van der Waals surface area contributed by atoms with E-state index >= 15 is 0 Å². The summed E-state index contributed by atoms with van der Waals surface area (Å²) in [6.45, 7) is 5.92. The SMILES string of the molecule is CCCC/C=C\CCCCCCCC(=O)OC(COC(=O)CCCCCCCCCCC/C=C\C/C=C\CCCCC)COC1OC(C(=O)O)C(O)C(O)C1OC(=O)CCCCCCCCCCC/C=C\C/C=C\CCCCC. The Bertz CT molecular complexity index is 1600. The van der Waals surface area contributed by atoms with Crippen molar-refractivity contribution in [1.82, 2.24) is 0 Å². The van der Waals surface area contributed by atoms with Gasteiger partial charge in [0.15, 0.2) is 24.6 Å². The van der Waals surface area contributed by atoms with Crippen molar-refractivity contribution in [2.75, 3.05) is 13.2 Å².